The van der Waals surface area contributed by atoms with E-state index in [1.165, 1.54) is 0 Å². The molecule has 1 aliphatic carbocycles. The summed E-state index contributed by atoms with van der Waals surface area (Å²) in [7, 11) is 0. The number of hydrogen-bond acceptors (Lipinski definition) is 2. The van der Waals surface area contributed by atoms with Crippen LogP contribution < -0.4 is 0 Å². The van der Waals surface area contributed by atoms with E-state index in [9.17, 15) is 5.11 Å². The van der Waals surface area contributed by atoms with Gasteiger partial charge in [-0.2, -0.15) is 0 Å². The summed E-state index contributed by atoms with van der Waals surface area (Å²) in [6, 6.07) is 0. The molecule has 0 spiro atoms. The minimum absolute atomic E-state index is 0.366. The van der Waals surface area contributed by atoms with Crippen LogP contribution in [-0.4, -0.2) is 23.9 Å². The molecule has 0 aliphatic heterocycles. The smallest absolute Gasteiger partial charge is 0.0699 e. The van der Waals surface area contributed by atoms with Gasteiger partial charge in [-0.25, -0.2) is 0 Å². The molecule has 2 heteroatoms. The lowest BCUT2D eigenvalue weighted by Gasteiger charge is -2.07. The van der Waals surface area contributed by atoms with Crippen molar-refractivity contribution in [2.24, 2.45) is 5.92 Å². The van der Waals surface area contributed by atoms with E-state index in [-0.39, 0.29) is 5.60 Å². The Balaban J connectivity index is 2.03. The minimum atomic E-state index is -0.366. The first-order valence-corrected chi connectivity index (χ1v) is 3.99. The molecule has 0 aromatic heterocycles. The van der Waals surface area contributed by atoms with E-state index in [0.717, 1.165) is 19.4 Å². The Kier molecular flexibility index (Phi) is 2.32. The Hall–Kier alpha value is -0.0800. The molecule has 0 saturated heterocycles. The molecule has 0 bridgehead atoms. The van der Waals surface area contributed by atoms with Crippen LogP contribution in [0.3, 0.4) is 0 Å². The van der Waals surface area contributed by atoms with Gasteiger partial charge in [0.1, 0.15) is 0 Å². The zero-order chi connectivity index (χ0) is 7.61. The van der Waals surface area contributed by atoms with Gasteiger partial charge in [0.15, 0.2) is 0 Å². The molecular weight excluding hydrogens is 128 g/mol. The van der Waals surface area contributed by atoms with Crippen molar-refractivity contribution in [3.8, 4) is 0 Å². The summed E-state index contributed by atoms with van der Waals surface area (Å²) >= 11 is 0. The summed E-state index contributed by atoms with van der Waals surface area (Å²) in [5.41, 5.74) is -0.366. The van der Waals surface area contributed by atoms with Crippen LogP contribution in [-0.2, 0) is 4.74 Å². The fourth-order valence-corrected chi connectivity index (χ4v) is 1.21. The zero-order valence-corrected chi connectivity index (χ0v) is 6.76. The average molecular weight is 144 g/mol. The normalized spacial score (nSPS) is 38.1. The minimum Gasteiger partial charge on any atom is -0.390 e. The standard InChI is InChI=1S/C8H16O2/c1-3-10-5-4-8(9)6-7(8)2/h7,9H,3-6H2,1-2H3. The molecule has 1 fully saturated rings. The van der Waals surface area contributed by atoms with Crippen molar-refractivity contribution >= 4 is 0 Å². The fourth-order valence-electron chi connectivity index (χ4n) is 1.21. The van der Waals surface area contributed by atoms with Crippen LogP contribution in [0.4, 0.5) is 0 Å². The van der Waals surface area contributed by atoms with Crippen LogP contribution in [0.1, 0.15) is 26.7 Å². The summed E-state index contributed by atoms with van der Waals surface area (Å²) in [4.78, 5) is 0. The Morgan fingerprint density at radius 2 is 2.30 bits per heavy atom. The number of hydrogen-bond donors (Lipinski definition) is 1. The van der Waals surface area contributed by atoms with Gasteiger partial charge in [-0.15, -0.1) is 0 Å². The second kappa shape index (κ2) is 2.89. The molecule has 0 amide bonds. The van der Waals surface area contributed by atoms with Gasteiger partial charge < -0.3 is 9.84 Å². The van der Waals surface area contributed by atoms with Gasteiger partial charge in [0.25, 0.3) is 0 Å². The predicted octanol–water partition coefficient (Wildman–Crippen LogP) is 1.18. The van der Waals surface area contributed by atoms with Gasteiger partial charge in [0.2, 0.25) is 0 Å². The van der Waals surface area contributed by atoms with E-state index in [4.69, 9.17) is 4.74 Å². The largest absolute Gasteiger partial charge is 0.390 e. The van der Waals surface area contributed by atoms with Crippen molar-refractivity contribution in [2.75, 3.05) is 13.2 Å². The van der Waals surface area contributed by atoms with Crippen LogP contribution in [0.2, 0.25) is 0 Å². The van der Waals surface area contributed by atoms with Gasteiger partial charge in [0.05, 0.1) is 5.60 Å². The maximum Gasteiger partial charge on any atom is 0.0699 e. The van der Waals surface area contributed by atoms with Crippen molar-refractivity contribution in [3.05, 3.63) is 0 Å². The van der Waals surface area contributed by atoms with Crippen LogP contribution >= 0.6 is 0 Å². The van der Waals surface area contributed by atoms with E-state index in [2.05, 4.69) is 6.92 Å². The summed E-state index contributed by atoms with van der Waals surface area (Å²) < 4.78 is 5.14. The molecule has 0 radical (unpaired) electrons. The average Bonchev–Trinajstić information content (AvgIpc) is 2.42. The number of ether oxygens (including phenoxy) is 1. The molecule has 1 N–H and O–H groups in total. The van der Waals surface area contributed by atoms with Crippen LogP contribution in [0.25, 0.3) is 0 Å². The Morgan fingerprint density at radius 1 is 1.70 bits per heavy atom. The zero-order valence-electron chi connectivity index (χ0n) is 6.76. The molecule has 2 nitrogen and oxygen atoms in total. The van der Waals surface area contributed by atoms with Crippen LogP contribution in [0, 0.1) is 5.92 Å². The van der Waals surface area contributed by atoms with Crippen LogP contribution in [0.15, 0.2) is 0 Å². The van der Waals surface area contributed by atoms with Gasteiger partial charge in [0, 0.05) is 13.2 Å². The second-order valence-electron chi connectivity index (χ2n) is 3.16. The highest BCUT2D eigenvalue weighted by molar-refractivity contribution is 5.00. The Labute approximate surface area is 62.2 Å². The summed E-state index contributed by atoms with van der Waals surface area (Å²) in [6.07, 6.45) is 1.77. The lowest BCUT2D eigenvalue weighted by Crippen LogP contribution is -2.13. The van der Waals surface area contributed by atoms with Gasteiger partial charge in [-0.05, 0) is 25.7 Å². The molecule has 2 atom stereocenters. The first kappa shape index (κ1) is 8.02. The maximum absolute atomic E-state index is 9.54. The molecule has 0 aromatic rings. The van der Waals surface area contributed by atoms with E-state index >= 15 is 0 Å². The number of aliphatic hydroxyl groups is 1. The lowest BCUT2D eigenvalue weighted by molar-refractivity contribution is 0.0663. The fraction of sp³-hybridized carbons (Fsp3) is 1.00. The van der Waals surface area contributed by atoms with E-state index < -0.39 is 0 Å². The summed E-state index contributed by atoms with van der Waals surface area (Å²) in [5.74, 6) is 0.493. The molecule has 2 unspecified atom stereocenters. The molecule has 60 valence electrons. The third-order valence-corrected chi connectivity index (χ3v) is 2.30. The first-order valence-electron chi connectivity index (χ1n) is 3.99. The third-order valence-electron chi connectivity index (χ3n) is 2.30. The van der Waals surface area contributed by atoms with Crippen molar-refractivity contribution in [1.82, 2.24) is 0 Å². The number of rotatable bonds is 4. The molecule has 1 aliphatic rings. The second-order valence-corrected chi connectivity index (χ2v) is 3.16. The highest BCUT2D eigenvalue weighted by Gasteiger charge is 2.48. The summed E-state index contributed by atoms with van der Waals surface area (Å²) in [6.45, 7) is 5.51. The highest BCUT2D eigenvalue weighted by atomic mass is 16.5. The Bertz CT molecular complexity index is 114. The van der Waals surface area contributed by atoms with Crippen molar-refractivity contribution in [2.45, 2.75) is 32.3 Å². The van der Waals surface area contributed by atoms with Crippen molar-refractivity contribution < 1.29 is 9.84 Å². The van der Waals surface area contributed by atoms with E-state index in [1.807, 2.05) is 6.92 Å². The van der Waals surface area contributed by atoms with E-state index in [1.54, 1.807) is 0 Å². The van der Waals surface area contributed by atoms with Gasteiger partial charge >= 0.3 is 0 Å². The van der Waals surface area contributed by atoms with Gasteiger partial charge in [-0.1, -0.05) is 6.92 Å². The predicted molar refractivity (Wildman–Crippen MR) is 39.8 cm³/mol. The highest BCUT2D eigenvalue weighted by Crippen LogP contribution is 2.45. The molecular formula is C8H16O2. The SMILES string of the molecule is CCOCCC1(O)CC1C. The van der Waals surface area contributed by atoms with Crippen molar-refractivity contribution in [1.29, 1.82) is 0 Å². The molecule has 1 rings (SSSR count). The lowest BCUT2D eigenvalue weighted by atomic mass is 10.2. The first-order chi connectivity index (χ1) is 4.69. The topological polar surface area (TPSA) is 29.5 Å². The maximum atomic E-state index is 9.54. The van der Waals surface area contributed by atoms with E-state index in [0.29, 0.717) is 12.5 Å². The molecule has 0 heterocycles. The molecule has 10 heavy (non-hydrogen) atoms. The summed E-state index contributed by atoms with van der Waals surface area (Å²) in [5, 5.41) is 9.54. The quantitative estimate of drug-likeness (QED) is 0.600. The monoisotopic (exact) mass is 144 g/mol. The molecule has 1 saturated carbocycles. The molecule has 0 aromatic carbocycles. The van der Waals surface area contributed by atoms with Crippen molar-refractivity contribution in [3.63, 3.8) is 0 Å². The van der Waals surface area contributed by atoms with Gasteiger partial charge in [-0.3, -0.25) is 0 Å². The van der Waals surface area contributed by atoms with Crippen LogP contribution in [0.5, 0.6) is 0 Å². The Morgan fingerprint density at radius 3 is 2.70 bits per heavy atom. The third kappa shape index (κ3) is 1.70.